The van der Waals surface area contributed by atoms with Gasteiger partial charge in [0.1, 0.15) is 4.60 Å². The minimum Gasteiger partial charge on any atom is -0.381 e. The lowest BCUT2D eigenvalue weighted by Crippen LogP contribution is -2.45. The third kappa shape index (κ3) is 4.28. The molecule has 0 aliphatic carbocycles. The molecule has 0 amide bonds. The monoisotopic (exact) mass is 406 g/mol. The zero-order chi connectivity index (χ0) is 16.8. The van der Waals surface area contributed by atoms with Crippen LogP contribution in [-0.4, -0.2) is 34.8 Å². The van der Waals surface area contributed by atoms with Crippen LogP contribution < -0.4 is 10.6 Å². The van der Waals surface area contributed by atoms with Crippen LogP contribution in [0.3, 0.4) is 0 Å². The first-order chi connectivity index (χ1) is 11.7. The Balaban J connectivity index is 1.65. The van der Waals surface area contributed by atoms with Crippen molar-refractivity contribution in [2.24, 2.45) is 0 Å². The van der Waals surface area contributed by atoms with E-state index in [1.54, 1.807) is 12.4 Å². The normalized spacial score (nSPS) is 16.4. The van der Waals surface area contributed by atoms with Crippen LogP contribution in [0, 0.1) is 0 Å². The number of halogens is 1. The number of anilines is 1. The van der Waals surface area contributed by atoms with Crippen LogP contribution in [0.2, 0.25) is 0 Å². The summed E-state index contributed by atoms with van der Waals surface area (Å²) in [5.41, 5.74) is 1.36. The highest BCUT2D eigenvalue weighted by Crippen LogP contribution is 2.34. The van der Waals surface area contributed by atoms with Gasteiger partial charge in [-0.1, -0.05) is 30.3 Å². The van der Waals surface area contributed by atoms with Gasteiger partial charge >= 0.3 is 0 Å². The zero-order valence-corrected chi connectivity index (χ0v) is 15.6. The van der Waals surface area contributed by atoms with Crippen molar-refractivity contribution >= 4 is 39.1 Å². The fourth-order valence-corrected chi connectivity index (χ4v) is 3.29. The van der Waals surface area contributed by atoms with E-state index in [-0.39, 0.29) is 5.41 Å². The second-order valence-corrected chi connectivity index (χ2v) is 7.01. The van der Waals surface area contributed by atoms with Crippen molar-refractivity contribution in [2.75, 3.05) is 25.1 Å². The fourth-order valence-electron chi connectivity index (χ4n) is 2.91. The minimum absolute atomic E-state index is 0.0383. The molecule has 1 saturated heterocycles. The topological polar surface area (TPSA) is 59.1 Å². The van der Waals surface area contributed by atoms with E-state index < -0.39 is 0 Å². The first kappa shape index (κ1) is 17.3. The molecule has 0 saturated carbocycles. The smallest absolute Gasteiger partial charge is 0.172 e. The summed E-state index contributed by atoms with van der Waals surface area (Å²) in [4.78, 5) is 8.35. The highest BCUT2D eigenvalue weighted by molar-refractivity contribution is 9.10. The van der Waals surface area contributed by atoms with E-state index in [4.69, 9.17) is 17.0 Å². The minimum atomic E-state index is 0.0383. The third-order valence-electron chi connectivity index (χ3n) is 4.29. The predicted octanol–water partition coefficient (Wildman–Crippen LogP) is 3.27. The van der Waals surface area contributed by atoms with Gasteiger partial charge in [0.15, 0.2) is 10.9 Å². The molecule has 1 fully saturated rings. The molecule has 1 aliphatic heterocycles. The molecular formula is C17H19BrN4OS. The predicted molar refractivity (Wildman–Crippen MR) is 102 cm³/mol. The molecule has 5 nitrogen and oxygen atoms in total. The summed E-state index contributed by atoms with van der Waals surface area (Å²) >= 11 is 8.67. The number of thiocarbonyl (C=S) groups is 1. The molecule has 0 spiro atoms. The summed E-state index contributed by atoms with van der Waals surface area (Å²) in [7, 11) is 0. The van der Waals surface area contributed by atoms with E-state index in [1.807, 2.05) is 6.07 Å². The van der Waals surface area contributed by atoms with Crippen molar-refractivity contribution in [1.82, 2.24) is 15.3 Å². The van der Waals surface area contributed by atoms with Gasteiger partial charge < -0.3 is 15.4 Å². The van der Waals surface area contributed by atoms with Crippen molar-refractivity contribution in [1.29, 1.82) is 0 Å². The summed E-state index contributed by atoms with van der Waals surface area (Å²) in [6.45, 7) is 2.31. The van der Waals surface area contributed by atoms with E-state index in [0.29, 0.717) is 15.5 Å². The first-order valence-electron chi connectivity index (χ1n) is 7.84. The van der Waals surface area contributed by atoms with Gasteiger partial charge in [-0.25, -0.2) is 9.97 Å². The van der Waals surface area contributed by atoms with Crippen LogP contribution in [0.25, 0.3) is 0 Å². The Hall–Kier alpha value is -1.57. The van der Waals surface area contributed by atoms with Crippen molar-refractivity contribution in [3.05, 3.63) is 52.9 Å². The molecule has 0 atom stereocenters. The lowest BCUT2D eigenvalue weighted by Gasteiger charge is -2.38. The summed E-state index contributed by atoms with van der Waals surface area (Å²) in [6.07, 6.45) is 5.23. The molecule has 3 rings (SSSR count). The Morgan fingerprint density at radius 1 is 1.17 bits per heavy atom. The molecule has 0 radical (unpaired) electrons. The molecule has 0 bridgehead atoms. The Bertz CT molecular complexity index is 675. The Labute approximate surface area is 155 Å². The largest absolute Gasteiger partial charge is 0.381 e. The van der Waals surface area contributed by atoms with Gasteiger partial charge in [0, 0.05) is 25.2 Å². The second kappa shape index (κ2) is 8.00. The maximum Gasteiger partial charge on any atom is 0.172 e. The summed E-state index contributed by atoms with van der Waals surface area (Å²) in [5.74, 6) is 0.622. The summed E-state index contributed by atoms with van der Waals surface area (Å²) < 4.78 is 6.25. The first-order valence-corrected chi connectivity index (χ1v) is 9.04. The molecule has 1 aromatic heterocycles. The van der Waals surface area contributed by atoms with Crippen molar-refractivity contribution in [3.8, 4) is 0 Å². The molecular weight excluding hydrogens is 388 g/mol. The average molecular weight is 407 g/mol. The van der Waals surface area contributed by atoms with E-state index in [0.717, 1.165) is 32.6 Å². The van der Waals surface area contributed by atoms with E-state index in [2.05, 4.69) is 60.8 Å². The lowest BCUT2D eigenvalue weighted by atomic mass is 9.74. The van der Waals surface area contributed by atoms with Crippen LogP contribution >= 0.6 is 28.1 Å². The van der Waals surface area contributed by atoms with Crippen molar-refractivity contribution in [3.63, 3.8) is 0 Å². The Kier molecular flexibility index (Phi) is 5.76. The third-order valence-corrected chi connectivity index (χ3v) is 4.94. The van der Waals surface area contributed by atoms with Crippen molar-refractivity contribution < 1.29 is 4.74 Å². The Morgan fingerprint density at radius 2 is 1.92 bits per heavy atom. The highest BCUT2D eigenvalue weighted by Gasteiger charge is 2.34. The van der Waals surface area contributed by atoms with Crippen LogP contribution in [0.15, 0.2) is 47.3 Å². The Morgan fingerprint density at radius 3 is 2.58 bits per heavy atom. The second-order valence-electron chi connectivity index (χ2n) is 5.79. The van der Waals surface area contributed by atoms with E-state index in [1.165, 1.54) is 5.56 Å². The van der Waals surface area contributed by atoms with E-state index >= 15 is 0 Å². The number of ether oxygens (including phenoxy) is 1. The molecule has 0 unspecified atom stereocenters. The van der Waals surface area contributed by atoms with Gasteiger partial charge in [-0.2, -0.15) is 0 Å². The van der Waals surface area contributed by atoms with Crippen molar-refractivity contribution in [2.45, 2.75) is 18.3 Å². The SMILES string of the molecule is S=C(NCC1(c2ccccc2)CCOCC1)Nc1cnc(Br)cn1. The molecule has 126 valence electrons. The van der Waals surface area contributed by atoms with Gasteiger partial charge in [-0.05, 0) is 46.6 Å². The van der Waals surface area contributed by atoms with Gasteiger partial charge in [0.2, 0.25) is 0 Å². The molecule has 2 aromatic rings. The maximum atomic E-state index is 5.56. The van der Waals surface area contributed by atoms with Gasteiger partial charge in [-0.3, -0.25) is 0 Å². The van der Waals surface area contributed by atoms with Crippen LogP contribution in [-0.2, 0) is 10.2 Å². The highest BCUT2D eigenvalue weighted by atomic mass is 79.9. The number of rotatable bonds is 4. The van der Waals surface area contributed by atoms with Gasteiger partial charge in [0.05, 0.1) is 12.4 Å². The quantitative estimate of drug-likeness (QED) is 0.759. The number of nitrogens with one attached hydrogen (secondary N) is 2. The van der Waals surface area contributed by atoms with Crippen LogP contribution in [0.1, 0.15) is 18.4 Å². The number of aromatic nitrogens is 2. The molecule has 2 N–H and O–H groups in total. The van der Waals surface area contributed by atoms with E-state index in [9.17, 15) is 0 Å². The van der Waals surface area contributed by atoms with Crippen LogP contribution in [0.4, 0.5) is 5.82 Å². The van der Waals surface area contributed by atoms with Crippen LogP contribution in [0.5, 0.6) is 0 Å². The lowest BCUT2D eigenvalue weighted by molar-refractivity contribution is 0.0515. The summed E-state index contributed by atoms with van der Waals surface area (Å²) in [6, 6.07) is 10.6. The molecule has 2 heterocycles. The summed E-state index contributed by atoms with van der Waals surface area (Å²) in [5, 5.41) is 6.96. The molecule has 24 heavy (non-hydrogen) atoms. The average Bonchev–Trinajstić information content (AvgIpc) is 2.63. The number of hydrogen-bond donors (Lipinski definition) is 2. The standard InChI is InChI=1S/C17H19BrN4OS/c18-14-10-20-15(11-19-14)22-16(24)21-12-17(6-8-23-9-7-17)13-4-2-1-3-5-13/h1-5,10-11H,6-9,12H2,(H2,20,21,22,24). The molecule has 1 aromatic carbocycles. The fraction of sp³-hybridized carbons (Fsp3) is 0.353. The van der Waals surface area contributed by atoms with Gasteiger partial charge in [-0.15, -0.1) is 0 Å². The number of nitrogens with zero attached hydrogens (tertiary/aromatic N) is 2. The zero-order valence-electron chi connectivity index (χ0n) is 13.2. The molecule has 7 heteroatoms. The molecule has 1 aliphatic rings. The number of benzene rings is 1. The number of hydrogen-bond acceptors (Lipinski definition) is 4. The van der Waals surface area contributed by atoms with Gasteiger partial charge in [0.25, 0.3) is 0 Å². The maximum absolute atomic E-state index is 5.56.